The van der Waals surface area contributed by atoms with Crippen LogP contribution in [0.1, 0.15) is 37.7 Å². The average Bonchev–Trinajstić information content (AvgIpc) is 2.81. The van der Waals surface area contributed by atoms with E-state index in [4.69, 9.17) is 10.00 Å². The molecule has 0 atom stereocenters. The van der Waals surface area contributed by atoms with Gasteiger partial charge in [-0.25, -0.2) is 9.97 Å². The van der Waals surface area contributed by atoms with E-state index < -0.39 is 11.8 Å². The Balaban J connectivity index is 1.59. The predicted octanol–water partition coefficient (Wildman–Crippen LogP) is 2.22. The number of nitrogens with zero attached hydrogens (tertiary/aromatic N) is 3. The van der Waals surface area contributed by atoms with E-state index in [1.54, 1.807) is 31.4 Å². The van der Waals surface area contributed by atoms with Crippen LogP contribution in [-0.2, 0) is 13.1 Å². The van der Waals surface area contributed by atoms with Gasteiger partial charge in [-0.3, -0.25) is 9.59 Å². The number of nitriles is 1. The number of hydrogen-bond acceptors (Lipinski definition) is 6. The van der Waals surface area contributed by atoms with Gasteiger partial charge in [-0.05, 0) is 35.4 Å². The van der Waals surface area contributed by atoms with E-state index >= 15 is 0 Å². The number of nitrogens with one attached hydrogen (secondary N) is 2. The fourth-order valence-corrected chi connectivity index (χ4v) is 2.63. The number of rotatable bonds is 7. The normalized spacial score (nSPS) is 10.0. The minimum atomic E-state index is -0.427. The molecular weight excluding hydrogens is 382 g/mol. The van der Waals surface area contributed by atoms with Gasteiger partial charge in [0.15, 0.2) is 0 Å². The Morgan fingerprint density at radius 1 is 0.933 bits per heavy atom. The Bertz CT molecular complexity index is 1090. The lowest BCUT2D eigenvalue weighted by Crippen LogP contribution is -2.27. The van der Waals surface area contributed by atoms with E-state index in [1.807, 2.05) is 30.3 Å². The standard InChI is InChI=1S/C22H19N5O3/c1-30-18-4-2-3-17(9-18)13-25-22(29)20-10-19(26-14-27-20)21(28)24-12-16-7-5-15(11-23)6-8-16/h2-10,14H,12-13H2,1H3,(H,24,28)(H,25,29). The van der Waals surface area contributed by atoms with Gasteiger partial charge in [-0.15, -0.1) is 0 Å². The molecule has 3 rings (SSSR count). The first-order chi connectivity index (χ1) is 14.6. The second-order valence-corrected chi connectivity index (χ2v) is 6.31. The number of carbonyl (C=O) groups excluding carboxylic acids is 2. The monoisotopic (exact) mass is 401 g/mol. The van der Waals surface area contributed by atoms with Gasteiger partial charge < -0.3 is 15.4 Å². The zero-order valence-electron chi connectivity index (χ0n) is 16.3. The zero-order chi connectivity index (χ0) is 21.3. The van der Waals surface area contributed by atoms with Gasteiger partial charge in [0.05, 0.1) is 18.7 Å². The Hall–Kier alpha value is -4.25. The van der Waals surface area contributed by atoms with Crippen molar-refractivity contribution in [1.82, 2.24) is 20.6 Å². The number of carbonyl (C=O) groups is 2. The van der Waals surface area contributed by atoms with Crippen LogP contribution in [0.2, 0.25) is 0 Å². The van der Waals surface area contributed by atoms with Crippen molar-refractivity contribution in [3.63, 3.8) is 0 Å². The maximum absolute atomic E-state index is 12.4. The first kappa shape index (κ1) is 20.5. The highest BCUT2D eigenvalue weighted by Gasteiger charge is 2.13. The Kier molecular flexibility index (Phi) is 6.69. The second kappa shape index (κ2) is 9.80. The van der Waals surface area contributed by atoms with Crippen LogP contribution in [0.5, 0.6) is 5.75 Å². The molecule has 3 aromatic rings. The van der Waals surface area contributed by atoms with Crippen molar-refractivity contribution in [2.24, 2.45) is 0 Å². The fourth-order valence-electron chi connectivity index (χ4n) is 2.63. The first-order valence-electron chi connectivity index (χ1n) is 9.09. The van der Waals surface area contributed by atoms with E-state index in [-0.39, 0.29) is 17.9 Å². The molecule has 1 aromatic heterocycles. The Morgan fingerprint density at radius 3 is 2.17 bits per heavy atom. The zero-order valence-corrected chi connectivity index (χ0v) is 16.3. The summed E-state index contributed by atoms with van der Waals surface area (Å²) in [5, 5.41) is 14.3. The molecule has 150 valence electrons. The molecule has 0 aliphatic heterocycles. The fraction of sp³-hybridized carbons (Fsp3) is 0.136. The molecule has 0 bridgehead atoms. The Labute approximate surface area is 173 Å². The minimum absolute atomic E-state index is 0.0881. The lowest BCUT2D eigenvalue weighted by molar-refractivity contribution is 0.0944. The van der Waals surface area contributed by atoms with Gasteiger partial charge in [0.2, 0.25) is 0 Å². The van der Waals surface area contributed by atoms with Crippen LogP contribution in [0.15, 0.2) is 60.9 Å². The predicted molar refractivity (Wildman–Crippen MR) is 109 cm³/mol. The van der Waals surface area contributed by atoms with Gasteiger partial charge in [0.1, 0.15) is 23.5 Å². The molecule has 0 saturated heterocycles. The largest absolute Gasteiger partial charge is 0.497 e. The van der Waals surface area contributed by atoms with Crippen molar-refractivity contribution in [2.45, 2.75) is 13.1 Å². The molecular formula is C22H19N5O3. The summed E-state index contributed by atoms with van der Waals surface area (Å²) in [4.78, 5) is 32.6. The van der Waals surface area contributed by atoms with Gasteiger partial charge in [-0.1, -0.05) is 24.3 Å². The molecule has 0 aliphatic rings. The van der Waals surface area contributed by atoms with Crippen molar-refractivity contribution in [3.05, 3.63) is 89.0 Å². The molecule has 2 amide bonds. The van der Waals surface area contributed by atoms with Crippen LogP contribution >= 0.6 is 0 Å². The lowest BCUT2D eigenvalue weighted by Gasteiger charge is -2.08. The maximum Gasteiger partial charge on any atom is 0.270 e. The minimum Gasteiger partial charge on any atom is -0.497 e. The van der Waals surface area contributed by atoms with Gasteiger partial charge in [0.25, 0.3) is 11.8 Å². The number of ether oxygens (including phenoxy) is 1. The molecule has 2 N–H and O–H groups in total. The third-order valence-corrected chi connectivity index (χ3v) is 4.26. The van der Waals surface area contributed by atoms with Gasteiger partial charge in [-0.2, -0.15) is 5.26 Å². The van der Waals surface area contributed by atoms with Crippen LogP contribution in [0.4, 0.5) is 0 Å². The molecule has 0 aliphatic carbocycles. The maximum atomic E-state index is 12.4. The molecule has 1 heterocycles. The van der Waals surface area contributed by atoms with Gasteiger partial charge in [0, 0.05) is 19.2 Å². The van der Waals surface area contributed by atoms with Crippen LogP contribution in [0.3, 0.4) is 0 Å². The van der Waals surface area contributed by atoms with Gasteiger partial charge >= 0.3 is 0 Å². The molecule has 2 aromatic carbocycles. The third-order valence-electron chi connectivity index (χ3n) is 4.26. The van der Waals surface area contributed by atoms with E-state index in [0.717, 1.165) is 11.1 Å². The summed E-state index contributed by atoms with van der Waals surface area (Å²) in [6.07, 6.45) is 1.18. The molecule has 30 heavy (non-hydrogen) atoms. The smallest absolute Gasteiger partial charge is 0.270 e. The topological polar surface area (TPSA) is 117 Å². The SMILES string of the molecule is COc1cccc(CNC(=O)c2cc(C(=O)NCc3ccc(C#N)cc3)ncn2)c1. The highest BCUT2D eigenvalue weighted by Crippen LogP contribution is 2.12. The summed E-state index contributed by atoms with van der Waals surface area (Å²) in [5.41, 5.74) is 2.44. The second-order valence-electron chi connectivity index (χ2n) is 6.31. The number of benzene rings is 2. The van der Waals surface area contributed by atoms with Crippen molar-refractivity contribution in [3.8, 4) is 11.8 Å². The first-order valence-corrected chi connectivity index (χ1v) is 9.09. The number of hydrogen-bond donors (Lipinski definition) is 2. The molecule has 0 radical (unpaired) electrons. The number of methoxy groups -OCH3 is 1. The summed E-state index contributed by atoms with van der Waals surface area (Å²) in [6, 6.07) is 17.6. The Morgan fingerprint density at radius 2 is 1.57 bits per heavy atom. The molecule has 0 spiro atoms. The number of aromatic nitrogens is 2. The van der Waals surface area contributed by atoms with Crippen molar-refractivity contribution < 1.29 is 14.3 Å². The average molecular weight is 401 g/mol. The van der Waals surface area contributed by atoms with Crippen molar-refractivity contribution in [2.75, 3.05) is 7.11 Å². The van der Waals surface area contributed by atoms with Crippen LogP contribution in [0, 0.1) is 11.3 Å². The third kappa shape index (κ3) is 5.39. The lowest BCUT2D eigenvalue weighted by atomic mass is 10.1. The van der Waals surface area contributed by atoms with Crippen molar-refractivity contribution in [1.29, 1.82) is 5.26 Å². The number of amides is 2. The summed E-state index contributed by atoms with van der Waals surface area (Å²) in [6.45, 7) is 0.562. The highest BCUT2D eigenvalue weighted by atomic mass is 16.5. The van der Waals surface area contributed by atoms with E-state index in [0.29, 0.717) is 17.9 Å². The highest BCUT2D eigenvalue weighted by molar-refractivity contribution is 5.97. The van der Waals surface area contributed by atoms with Crippen LogP contribution in [-0.4, -0.2) is 28.9 Å². The molecule has 0 saturated carbocycles. The quantitative estimate of drug-likeness (QED) is 0.627. The molecule has 8 nitrogen and oxygen atoms in total. The molecule has 8 heteroatoms. The van der Waals surface area contributed by atoms with E-state index in [9.17, 15) is 9.59 Å². The van der Waals surface area contributed by atoms with Crippen molar-refractivity contribution >= 4 is 11.8 Å². The van der Waals surface area contributed by atoms with E-state index in [1.165, 1.54) is 12.4 Å². The van der Waals surface area contributed by atoms with E-state index in [2.05, 4.69) is 20.6 Å². The summed E-state index contributed by atoms with van der Waals surface area (Å²) in [5.74, 6) is -0.144. The summed E-state index contributed by atoms with van der Waals surface area (Å²) in [7, 11) is 1.58. The summed E-state index contributed by atoms with van der Waals surface area (Å²) < 4.78 is 5.16. The van der Waals surface area contributed by atoms with Crippen LogP contribution < -0.4 is 15.4 Å². The summed E-state index contributed by atoms with van der Waals surface area (Å²) >= 11 is 0. The molecule has 0 unspecified atom stereocenters. The van der Waals surface area contributed by atoms with Crippen LogP contribution in [0.25, 0.3) is 0 Å². The molecule has 0 fully saturated rings.